The van der Waals surface area contributed by atoms with E-state index in [0.717, 1.165) is 0 Å². The summed E-state index contributed by atoms with van der Waals surface area (Å²) in [5.41, 5.74) is 0.562. The Morgan fingerprint density at radius 1 is 1.75 bits per heavy atom. The Morgan fingerprint density at radius 3 is 2.38 bits per heavy atom. The maximum absolute atomic E-state index is 10.5. The van der Waals surface area contributed by atoms with E-state index in [1.807, 2.05) is 6.92 Å². The molecule has 0 bridgehead atoms. The van der Waals surface area contributed by atoms with Crippen molar-refractivity contribution in [2.24, 2.45) is 0 Å². The fraction of sp³-hybridized carbons (Fsp3) is 0.500. The maximum atomic E-state index is 10.5. The molecule has 46 valence electrons. The standard InChI is InChI=1S/C6H11NO/c1-4-7-6(8)5(2)3/h2,4H2,1,3H3,(H,7,8). The van der Waals surface area contributed by atoms with Crippen LogP contribution in [0.4, 0.5) is 0 Å². The molecule has 0 saturated carbocycles. The van der Waals surface area contributed by atoms with E-state index >= 15 is 0 Å². The zero-order valence-corrected chi connectivity index (χ0v) is 5.32. The highest BCUT2D eigenvalue weighted by Gasteiger charge is 1.95. The average Bonchev–Trinajstić information content (AvgIpc) is 1.67. The molecule has 0 aliphatic rings. The van der Waals surface area contributed by atoms with Crippen LogP contribution in [0.5, 0.6) is 0 Å². The molecule has 0 aliphatic heterocycles. The van der Waals surface area contributed by atoms with Crippen LogP contribution in [-0.2, 0) is 4.79 Å². The van der Waals surface area contributed by atoms with Crippen LogP contribution >= 0.6 is 0 Å². The highest BCUT2D eigenvalue weighted by Crippen LogP contribution is 1.82. The quantitative estimate of drug-likeness (QED) is 0.525. The molecule has 0 spiro atoms. The monoisotopic (exact) mass is 113 g/mol. The van der Waals surface area contributed by atoms with Gasteiger partial charge in [-0.3, -0.25) is 4.79 Å². The van der Waals surface area contributed by atoms with Crippen molar-refractivity contribution in [2.75, 3.05) is 6.54 Å². The number of hydrogen-bond acceptors (Lipinski definition) is 1. The summed E-state index contributed by atoms with van der Waals surface area (Å²) in [5.74, 6) is -0.0625. The Hall–Kier alpha value is -0.790. The molecule has 2 nitrogen and oxygen atoms in total. The molecule has 0 atom stereocenters. The zero-order valence-electron chi connectivity index (χ0n) is 5.32. The molecular weight excluding hydrogens is 102 g/mol. The van der Waals surface area contributed by atoms with Crippen LogP contribution in [0.3, 0.4) is 0 Å². The van der Waals surface area contributed by atoms with Crippen molar-refractivity contribution in [3.05, 3.63) is 12.2 Å². The van der Waals surface area contributed by atoms with E-state index in [1.54, 1.807) is 6.92 Å². The van der Waals surface area contributed by atoms with Crippen LogP contribution in [0, 0.1) is 0 Å². The molecule has 0 unspecified atom stereocenters. The smallest absolute Gasteiger partial charge is 0.246 e. The van der Waals surface area contributed by atoms with Gasteiger partial charge in [0.15, 0.2) is 0 Å². The molecule has 0 aromatic carbocycles. The molecule has 0 heterocycles. The van der Waals surface area contributed by atoms with Gasteiger partial charge in [-0.25, -0.2) is 0 Å². The van der Waals surface area contributed by atoms with Crippen LogP contribution in [-0.4, -0.2) is 12.5 Å². The molecule has 1 amide bonds. The Bertz CT molecular complexity index is 107. The Morgan fingerprint density at radius 2 is 2.25 bits per heavy atom. The number of hydrogen-bond donors (Lipinski definition) is 1. The van der Waals surface area contributed by atoms with Crippen molar-refractivity contribution < 1.29 is 4.79 Å². The first-order valence-corrected chi connectivity index (χ1v) is 2.62. The van der Waals surface area contributed by atoms with E-state index in [9.17, 15) is 4.79 Å². The number of carbonyl (C=O) groups excluding carboxylic acids is 1. The molecular formula is C6H11NO. The van der Waals surface area contributed by atoms with Gasteiger partial charge in [-0.15, -0.1) is 0 Å². The third-order valence-corrected chi connectivity index (χ3v) is 0.725. The second-order valence-electron chi connectivity index (χ2n) is 1.64. The van der Waals surface area contributed by atoms with Gasteiger partial charge in [-0.2, -0.15) is 0 Å². The summed E-state index contributed by atoms with van der Waals surface area (Å²) in [6, 6.07) is 0. The number of carbonyl (C=O) groups is 1. The lowest BCUT2D eigenvalue weighted by molar-refractivity contribution is -0.117. The lowest BCUT2D eigenvalue weighted by Crippen LogP contribution is -2.22. The van der Waals surface area contributed by atoms with Crippen LogP contribution in [0.1, 0.15) is 13.8 Å². The number of rotatable bonds is 2. The number of nitrogens with one attached hydrogen (secondary N) is 1. The molecule has 0 aliphatic carbocycles. The van der Waals surface area contributed by atoms with Crippen molar-refractivity contribution in [2.45, 2.75) is 13.8 Å². The number of likely N-dealkylation sites (N-methyl/N-ethyl adjacent to an activating group) is 1. The van der Waals surface area contributed by atoms with E-state index in [-0.39, 0.29) is 5.91 Å². The molecule has 0 rings (SSSR count). The third-order valence-electron chi connectivity index (χ3n) is 0.725. The van der Waals surface area contributed by atoms with Crippen LogP contribution < -0.4 is 5.32 Å². The average molecular weight is 113 g/mol. The summed E-state index contributed by atoms with van der Waals surface area (Å²) in [7, 11) is 0. The first-order chi connectivity index (χ1) is 3.68. The normalized spacial score (nSPS) is 8.25. The minimum Gasteiger partial charge on any atom is -0.353 e. The van der Waals surface area contributed by atoms with Gasteiger partial charge in [0.25, 0.3) is 0 Å². The Kier molecular flexibility index (Phi) is 2.92. The minimum absolute atomic E-state index is 0.0625. The predicted molar refractivity (Wildman–Crippen MR) is 33.5 cm³/mol. The molecule has 1 N–H and O–H groups in total. The summed E-state index contributed by atoms with van der Waals surface area (Å²) < 4.78 is 0. The molecule has 0 radical (unpaired) electrons. The van der Waals surface area contributed by atoms with Crippen molar-refractivity contribution in [3.63, 3.8) is 0 Å². The van der Waals surface area contributed by atoms with Gasteiger partial charge in [0.2, 0.25) is 5.91 Å². The van der Waals surface area contributed by atoms with Crippen molar-refractivity contribution in [1.82, 2.24) is 5.32 Å². The topological polar surface area (TPSA) is 29.1 Å². The molecule has 8 heavy (non-hydrogen) atoms. The van der Waals surface area contributed by atoms with E-state index in [1.165, 1.54) is 0 Å². The maximum Gasteiger partial charge on any atom is 0.246 e. The lowest BCUT2D eigenvalue weighted by Gasteiger charge is -1.97. The third kappa shape index (κ3) is 2.39. The summed E-state index contributed by atoms with van der Waals surface area (Å²) in [6.07, 6.45) is 0. The van der Waals surface area contributed by atoms with Gasteiger partial charge < -0.3 is 5.32 Å². The molecule has 0 saturated heterocycles. The van der Waals surface area contributed by atoms with Gasteiger partial charge in [0.05, 0.1) is 0 Å². The SMILES string of the molecule is C=C(C)C(=O)NCC. The highest BCUT2D eigenvalue weighted by atomic mass is 16.1. The first-order valence-electron chi connectivity index (χ1n) is 2.62. The van der Waals surface area contributed by atoms with Crippen molar-refractivity contribution in [1.29, 1.82) is 0 Å². The summed E-state index contributed by atoms with van der Waals surface area (Å²) in [4.78, 5) is 10.5. The lowest BCUT2D eigenvalue weighted by atomic mass is 10.3. The van der Waals surface area contributed by atoms with E-state index < -0.39 is 0 Å². The molecule has 0 aromatic heterocycles. The zero-order chi connectivity index (χ0) is 6.57. The van der Waals surface area contributed by atoms with E-state index in [4.69, 9.17) is 0 Å². The molecule has 0 fully saturated rings. The van der Waals surface area contributed by atoms with E-state index in [0.29, 0.717) is 12.1 Å². The van der Waals surface area contributed by atoms with Gasteiger partial charge in [-0.05, 0) is 13.8 Å². The van der Waals surface area contributed by atoms with Crippen molar-refractivity contribution in [3.8, 4) is 0 Å². The summed E-state index contributed by atoms with van der Waals surface area (Å²) in [6.45, 7) is 7.70. The molecule has 0 aromatic rings. The second kappa shape index (κ2) is 3.24. The molecule has 2 heteroatoms. The minimum atomic E-state index is -0.0625. The summed E-state index contributed by atoms with van der Waals surface area (Å²) >= 11 is 0. The predicted octanol–water partition coefficient (Wildman–Crippen LogP) is 0.699. The van der Waals surface area contributed by atoms with Crippen molar-refractivity contribution >= 4 is 5.91 Å². The fourth-order valence-corrected chi connectivity index (χ4v) is 0.311. The largest absolute Gasteiger partial charge is 0.353 e. The second-order valence-corrected chi connectivity index (χ2v) is 1.64. The summed E-state index contributed by atoms with van der Waals surface area (Å²) in [5, 5.41) is 2.61. The Labute approximate surface area is 49.6 Å². The van der Waals surface area contributed by atoms with Crippen LogP contribution in [0.25, 0.3) is 0 Å². The fourth-order valence-electron chi connectivity index (χ4n) is 0.311. The van der Waals surface area contributed by atoms with Gasteiger partial charge in [0, 0.05) is 12.1 Å². The van der Waals surface area contributed by atoms with Gasteiger partial charge in [0.1, 0.15) is 0 Å². The van der Waals surface area contributed by atoms with Crippen LogP contribution in [0.15, 0.2) is 12.2 Å². The van der Waals surface area contributed by atoms with Gasteiger partial charge >= 0.3 is 0 Å². The number of amides is 1. The highest BCUT2D eigenvalue weighted by molar-refractivity contribution is 5.91. The van der Waals surface area contributed by atoms with Crippen LogP contribution in [0.2, 0.25) is 0 Å². The first kappa shape index (κ1) is 7.21. The Balaban J connectivity index is 3.49. The van der Waals surface area contributed by atoms with Gasteiger partial charge in [-0.1, -0.05) is 6.58 Å². The van der Waals surface area contributed by atoms with E-state index in [2.05, 4.69) is 11.9 Å².